The summed E-state index contributed by atoms with van der Waals surface area (Å²) in [4.78, 5) is 2.21. The minimum atomic E-state index is 0.172. The summed E-state index contributed by atoms with van der Waals surface area (Å²) in [7, 11) is 3.26. The topological polar surface area (TPSA) is 41.9 Å². The Balaban J connectivity index is 2.83. The van der Waals surface area contributed by atoms with Crippen molar-refractivity contribution in [1.29, 1.82) is 0 Å². The predicted octanol–water partition coefficient (Wildman–Crippen LogP) is 1.91. The van der Waals surface area contributed by atoms with Gasteiger partial charge in [0.2, 0.25) is 0 Å². The van der Waals surface area contributed by atoms with Crippen molar-refractivity contribution in [3.63, 3.8) is 0 Å². The molecule has 18 heavy (non-hydrogen) atoms. The highest BCUT2D eigenvalue weighted by molar-refractivity contribution is 5.42. The first-order valence-corrected chi connectivity index (χ1v) is 6.18. The summed E-state index contributed by atoms with van der Waals surface area (Å²) in [6.45, 7) is 5.88. The van der Waals surface area contributed by atoms with Gasteiger partial charge in [-0.05, 0) is 31.5 Å². The van der Waals surface area contributed by atoms with Crippen LogP contribution in [0.15, 0.2) is 18.2 Å². The third-order valence-corrected chi connectivity index (χ3v) is 2.95. The molecule has 0 aliphatic rings. The Labute approximate surface area is 109 Å². The van der Waals surface area contributed by atoms with Crippen LogP contribution in [-0.2, 0) is 6.54 Å². The van der Waals surface area contributed by atoms with Crippen LogP contribution in [0.1, 0.15) is 19.4 Å². The van der Waals surface area contributed by atoms with Crippen LogP contribution in [0.3, 0.4) is 0 Å². The van der Waals surface area contributed by atoms with Crippen molar-refractivity contribution in [2.75, 3.05) is 27.4 Å². The second-order valence-electron chi connectivity index (χ2n) is 4.48. The number of hydrogen-bond donors (Lipinski definition) is 1. The van der Waals surface area contributed by atoms with Crippen molar-refractivity contribution in [2.24, 2.45) is 0 Å². The lowest BCUT2D eigenvalue weighted by Gasteiger charge is -2.25. The van der Waals surface area contributed by atoms with Crippen molar-refractivity contribution in [3.8, 4) is 11.5 Å². The molecule has 0 spiro atoms. The highest BCUT2D eigenvalue weighted by Gasteiger charge is 2.11. The van der Waals surface area contributed by atoms with Gasteiger partial charge in [-0.25, -0.2) is 0 Å². The molecule has 0 aromatic heterocycles. The van der Waals surface area contributed by atoms with Gasteiger partial charge in [-0.2, -0.15) is 0 Å². The summed E-state index contributed by atoms with van der Waals surface area (Å²) < 4.78 is 10.5. The number of rotatable bonds is 7. The molecule has 0 heterocycles. The molecule has 0 atom stereocenters. The Bertz CT molecular complexity index is 366. The molecule has 0 aliphatic carbocycles. The van der Waals surface area contributed by atoms with Crippen LogP contribution in [-0.4, -0.2) is 43.4 Å². The van der Waals surface area contributed by atoms with Gasteiger partial charge in [-0.3, -0.25) is 4.90 Å². The van der Waals surface area contributed by atoms with Gasteiger partial charge in [0.25, 0.3) is 0 Å². The molecule has 0 saturated heterocycles. The molecular weight excluding hydrogens is 230 g/mol. The number of methoxy groups -OCH3 is 2. The maximum absolute atomic E-state index is 9.06. The standard InChI is InChI=1S/C14H23NO3/c1-11(2)15(7-8-16)10-12-5-6-13(17-3)14(9-12)18-4/h5-6,9,11,16H,7-8,10H2,1-4H3. The lowest BCUT2D eigenvalue weighted by molar-refractivity contribution is 0.159. The Morgan fingerprint density at radius 1 is 1.17 bits per heavy atom. The summed E-state index contributed by atoms with van der Waals surface area (Å²) in [5.74, 6) is 1.47. The zero-order chi connectivity index (χ0) is 13.5. The van der Waals surface area contributed by atoms with Crippen LogP contribution in [0.2, 0.25) is 0 Å². The first-order chi connectivity index (χ1) is 8.62. The quantitative estimate of drug-likeness (QED) is 0.806. The van der Waals surface area contributed by atoms with E-state index in [-0.39, 0.29) is 6.61 Å². The third-order valence-electron chi connectivity index (χ3n) is 2.95. The van der Waals surface area contributed by atoms with Gasteiger partial charge < -0.3 is 14.6 Å². The summed E-state index contributed by atoms with van der Waals surface area (Å²) in [6, 6.07) is 6.30. The van der Waals surface area contributed by atoms with E-state index in [2.05, 4.69) is 18.7 Å². The first kappa shape index (κ1) is 14.8. The van der Waals surface area contributed by atoms with Crippen LogP contribution in [0.25, 0.3) is 0 Å². The van der Waals surface area contributed by atoms with E-state index in [1.54, 1.807) is 14.2 Å². The van der Waals surface area contributed by atoms with Gasteiger partial charge >= 0.3 is 0 Å². The molecule has 0 bridgehead atoms. The summed E-state index contributed by atoms with van der Waals surface area (Å²) in [5.41, 5.74) is 1.15. The number of ether oxygens (including phenoxy) is 2. The molecular formula is C14H23NO3. The van der Waals surface area contributed by atoms with Crippen molar-refractivity contribution in [1.82, 2.24) is 4.90 Å². The fourth-order valence-electron chi connectivity index (χ4n) is 1.86. The molecule has 1 rings (SSSR count). The van der Waals surface area contributed by atoms with Gasteiger partial charge in [-0.1, -0.05) is 6.07 Å². The Morgan fingerprint density at radius 3 is 2.33 bits per heavy atom. The van der Waals surface area contributed by atoms with E-state index in [9.17, 15) is 0 Å². The predicted molar refractivity (Wildman–Crippen MR) is 72.2 cm³/mol. The van der Waals surface area contributed by atoms with Crippen LogP contribution in [0.4, 0.5) is 0 Å². The molecule has 0 unspecified atom stereocenters. The highest BCUT2D eigenvalue weighted by atomic mass is 16.5. The Morgan fingerprint density at radius 2 is 1.83 bits per heavy atom. The van der Waals surface area contributed by atoms with E-state index in [1.165, 1.54) is 0 Å². The largest absolute Gasteiger partial charge is 0.493 e. The average Bonchev–Trinajstić information content (AvgIpc) is 2.37. The number of hydrogen-bond acceptors (Lipinski definition) is 4. The molecule has 0 amide bonds. The van der Waals surface area contributed by atoms with Gasteiger partial charge in [0.05, 0.1) is 20.8 Å². The SMILES string of the molecule is COc1ccc(CN(CCO)C(C)C)cc1OC. The molecule has 4 heteroatoms. The molecule has 1 aromatic carbocycles. The smallest absolute Gasteiger partial charge is 0.161 e. The molecule has 4 nitrogen and oxygen atoms in total. The minimum absolute atomic E-state index is 0.172. The number of aliphatic hydroxyl groups is 1. The van der Waals surface area contributed by atoms with Gasteiger partial charge in [0, 0.05) is 19.1 Å². The van der Waals surface area contributed by atoms with E-state index in [1.807, 2.05) is 18.2 Å². The van der Waals surface area contributed by atoms with Crippen molar-refractivity contribution in [2.45, 2.75) is 26.4 Å². The van der Waals surface area contributed by atoms with Gasteiger partial charge in [0.15, 0.2) is 11.5 Å². The molecule has 102 valence electrons. The van der Waals surface area contributed by atoms with Crippen molar-refractivity contribution >= 4 is 0 Å². The average molecular weight is 253 g/mol. The maximum atomic E-state index is 9.06. The summed E-state index contributed by atoms with van der Waals surface area (Å²) in [5, 5.41) is 9.06. The Kier molecular flexibility index (Phi) is 5.95. The minimum Gasteiger partial charge on any atom is -0.493 e. The van der Waals surface area contributed by atoms with Gasteiger partial charge in [0.1, 0.15) is 0 Å². The van der Waals surface area contributed by atoms with E-state index in [0.717, 1.165) is 23.6 Å². The summed E-state index contributed by atoms with van der Waals surface area (Å²) in [6.07, 6.45) is 0. The number of benzene rings is 1. The van der Waals surface area contributed by atoms with Gasteiger partial charge in [-0.15, -0.1) is 0 Å². The van der Waals surface area contributed by atoms with Crippen LogP contribution < -0.4 is 9.47 Å². The fourth-order valence-corrected chi connectivity index (χ4v) is 1.86. The first-order valence-electron chi connectivity index (χ1n) is 6.18. The van der Waals surface area contributed by atoms with E-state index in [4.69, 9.17) is 14.6 Å². The maximum Gasteiger partial charge on any atom is 0.161 e. The number of nitrogens with zero attached hydrogens (tertiary/aromatic N) is 1. The van der Waals surface area contributed by atoms with E-state index >= 15 is 0 Å². The second-order valence-corrected chi connectivity index (χ2v) is 4.48. The highest BCUT2D eigenvalue weighted by Crippen LogP contribution is 2.28. The molecule has 0 saturated carbocycles. The van der Waals surface area contributed by atoms with Crippen molar-refractivity contribution < 1.29 is 14.6 Å². The van der Waals surface area contributed by atoms with Crippen LogP contribution in [0.5, 0.6) is 11.5 Å². The third kappa shape index (κ3) is 3.89. The lowest BCUT2D eigenvalue weighted by Crippen LogP contribution is -2.32. The Hall–Kier alpha value is -1.26. The zero-order valence-corrected chi connectivity index (χ0v) is 11.6. The normalized spacial score (nSPS) is 11.1. The van der Waals surface area contributed by atoms with Crippen LogP contribution >= 0.6 is 0 Å². The van der Waals surface area contributed by atoms with Crippen molar-refractivity contribution in [3.05, 3.63) is 23.8 Å². The molecule has 0 fully saturated rings. The fraction of sp³-hybridized carbons (Fsp3) is 0.571. The molecule has 0 radical (unpaired) electrons. The summed E-state index contributed by atoms with van der Waals surface area (Å²) >= 11 is 0. The van der Waals surface area contributed by atoms with E-state index < -0.39 is 0 Å². The molecule has 1 aromatic rings. The van der Waals surface area contributed by atoms with E-state index in [0.29, 0.717) is 12.6 Å². The monoisotopic (exact) mass is 253 g/mol. The zero-order valence-electron chi connectivity index (χ0n) is 11.6. The van der Waals surface area contributed by atoms with Crippen LogP contribution in [0, 0.1) is 0 Å². The molecule has 1 N–H and O–H groups in total. The lowest BCUT2D eigenvalue weighted by atomic mass is 10.1. The number of aliphatic hydroxyl groups excluding tert-OH is 1. The molecule has 0 aliphatic heterocycles. The second kappa shape index (κ2) is 7.24.